The first-order valence-electron chi connectivity index (χ1n) is 9.75. The highest BCUT2D eigenvalue weighted by atomic mass is 32.1. The second kappa shape index (κ2) is 7.62. The molecule has 2 N–H and O–H groups in total. The molecule has 31 heavy (non-hydrogen) atoms. The van der Waals surface area contributed by atoms with E-state index in [1.165, 1.54) is 24.3 Å². The van der Waals surface area contributed by atoms with E-state index in [4.69, 9.17) is 9.72 Å². The van der Waals surface area contributed by atoms with Gasteiger partial charge in [0, 0.05) is 10.4 Å². The van der Waals surface area contributed by atoms with Crippen LogP contribution in [0.5, 0.6) is 5.75 Å². The minimum atomic E-state index is -0.475. The van der Waals surface area contributed by atoms with E-state index in [9.17, 15) is 19.3 Å². The number of aryl methyl sites for hydroxylation is 1. The molecule has 10 heteroatoms. The van der Waals surface area contributed by atoms with Crippen molar-refractivity contribution in [3.63, 3.8) is 0 Å². The lowest BCUT2D eigenvalue weighted by Gasteiger charge is -2.24. The number of nitrogens with zero attached hydrogens (tertiary/aromatic N) is 2. The number of benzene rings is 2. The summed E-state index contributed by atoms with van der Waals surface area (Å²) in [5, 5.41) is 18.4. The first kappa shape index (κ1) is 19.4. The van der Waals surface area contributed by atoms with Crippen LogP contribution < -0.4 is 15.4 Å². The third-order valence-corrected chi connectivity index (χ3v) is 6.48. The van der Waals surface area contributed by atoms with Crippen molar-refractivity contribution in [1.82, 2.24) is 4.98 Å². The summed E-state index contributed by atoms with van der Waals surface area (Å²) in [6.45, 7) is -0.173. The molecule has 0 saturated heterocycles. The molecular formula is C21H17FN4O4S. The van der Waals surface area contributed by atoms with Gasteiger partial charge in [-0.15, -0.1) is 11.3 Å². The normalized spacial score (nSPS) is 17.2. The first-order chi connectivity index (χ1) is 15.0. The molecule has 2 aliphatic rings. The van der Waals surface area contributed by atoms with Crippen LogP contribution >= 0.6 is 11.3 Å². The summed E-state index contributed by atoms with van der Waals surface area (Å²) in [7, 11) is 0. The molecular weight excluding hydrogens is 423 g/mol. The van der Waals surface area contributed by atoms with Gasteiger partial charge >= 0.3 is 0 Å². The monoisotopic (exact) mass is 440 g/mol. The molecule has 1 atom stereocenters. The molecule has 3 aromatic rings. The van der Waals surface area contributed by atoms with Crippen molar-refractivity contribution >= 4 is 34.3 Å². The standard InChI is InChI=1S/C21H17FN4O4S/c22-12-6-4-11(5-7-12)21-25-20-13(2-1-3-18(20)31-21)23-14-8-15-17(9-16(14)26(28)29)30-10-19(27)24-15/h4-9,13,23H,1-3,10H2,(H,24,27). The fourth-order valence-corrected chi connectivity index (χ4v) is 5.02. The van der Waals surface area contributed by atoms with Gasteiger partial charge < -0.3 is 15.4 Å². The van der Waals surface area contributed by atoms with E-state index in [-0.39, 0.29) is 35.8 Å². The number of ether oxygens (including phenoxy) is 1. The summed E-state index contributed by atoms with van der Waals surface area (Å²) in [5.74, 6) is -0.343. The molecule has 5 rings (SSSR count). The number of hydrogen-bond donors (Lipinski definition) is 2. The largest absolute Gasteiger partial charge is 0.481 e. The fraction of sp³-hybridized carbons (Fsp3) is 0.238. The maximum absolute atomic E-state index is 13.3. The molecule has 1 unspecified atom stereocenters. The Kier molecular flexibility index (Phi) is 4.78. The predicted octanol–water partition coefficient (Wildman–Crippen LogP) is 4.68. The number of amides is 1. The molecule has 8 nitrogen and oxygen atoms in total. The minimum absolute atomic E-state index is 0.129. The molecule has 1 amide bonds. The van der Waals surface area contributed by atoms with Crippen molar-refractivity contribution in [1.29, 1.82) is 0 Å². The molecule has 2 aromatic carbocycles. The molecule has 0 saturated carbocycles. The number of carbonyl (C=O) groups excluding carboxylic acids is 1. The first-order valence-corrected chi connectivity index (χ1v) is 10.6. The van der Waals surface area contributed by atoms with E-state index < -0.39 is 4.92 Å². The Balaban J connectivity index is 1.49. The summed E-state index contributed by atoms with van der Waals surface area (Å²) >= 11 is 1.56. The Bertz CT molecular complexity index is 1190. The molecule has 158 valence electrons. The Morgan fingerprint density at radius 3 is 2.87 bits per heavy atom. The number of carbonyl (C=O) groups is 1. The maximum Gasteiger partial charge on any atom is 0.296 e. The Morgan fingerprint density at radius 2 is 2.10 bits per heavy atom. The van der Waals surface area contributed by atoms with Crippen LogP contribution in [0.1, 0.15) is 29.5 Å². The number of hydrogen-bond acceptors (Lipinski definition) is 7. The van der Waals surface area contributed by atoms with E-state index in [1.54, 1.807) is 23.5 Å². The van der Waals surface area contributed by atoms with Crippen LogP contribution in [0.4, 0.5) is 21.5 Å². The second-order valence-corrected chi connectivity index (χ2v) is 8.47. The summed E-state index contributed by atoms with van der Waals surface area (Å²) in [6, 6.07) is 8.83. The average Bonchev–Trinajstić information content (AvgIpc) is 3.19. The smallest absolute Gasteiger partial charge is 0.296 e. The van der Waals surface area contributed by atoms with Gasteiger partial charge in [0.1, 0.15) is 16.5 Å². The molecule has 1 aliphatic heterocycles. The molecule has 1 aromatic heterocycles. The van der Waals surface area contributed by atoms with Gasteiger partial charge in [-0.2, -0.15) is 0 Å². The predicted molar refractivity (Wildman–Crippen MR) is 114 cm³/mol. The summed E-state index contributed by atoms with van der Waals surface area (Å²) < 4.78 is 18.6. The van der Waals surface area contributed by atoms with Crippen molar-refractivity contribution in [3.05, 3.63) is 62.9 Å². The fourth-order valence-electron chi connectivity index (χ4n) is 3.84. The van der Waals surface area contributed by atoms with Gasteiger partial charge in [0.05, 0.1) is 28.4 Å². The average molecular weight is 440 g/mol. The molecule has 0 spiro atoms. The highest BCUT2D eigenvalue weighted by Gasteiger charge is 2.29. The number of aromatic nitrogens is 1. The maximum atomic E-state index is 13.3. The molecule has 1 aliphatic carbocycles. The number of fused-ring (bicyclic) bond motifs is 2. The van der Waals surface area contributed by atoms with Gasteiger partial charge in [0.25, 0.3) is 11.6 Å². The number of halogens is 1. The van der Waals surface area contributed by atoms with Crippen LogP contribution in [0.25, 0.3) is 10.6 Å². The molecule has 0 radical (unpaired) electrons. The zero-order valence-electron chi connectivity index (χ0n) is 16.2. The van der Waals surface area contributed by atoms with Gasteiger partial charge in [-0.05, 0) is 49.6 Å². The van der Waals surface area contributed by atoms with Crippen molar-refractivity contribution in [2.45, 2.75) is 25.3 Å². The highest BCUT2D eigenvalue weighted by molar-refractivity contribution is 7.15. The Hall–Kier alpha value is -3.53. The SMILES string of the molecule is O=C1COc2cc([N+](=O)[O-])c(NC3CCCc4sc(-c5ccc(F)cc5)nc43)cc2N1. The summed E-state index contributed by atoms with van der Waals surface area (Å²) in [5.41, 5.74) is 2.24. The number of nitro groups is 1. The molecule has 2 heterocycles. The van der Waals surface area contributed by atoms with Crippen LogP contribution in [0.3, 0.4) is 0 Å². The Morgan fingerprint density at radius 1 is 1.29 bits per heavy atom. The van der Waals surface area contributed by atoms with Crippen LogP contribution in [-0.4, -0.2) is 22.4 Å². The minimum Gasteiger partial charge on any atom is -0.481 e. The number of rotatable bonds is 4. The summed E-state index contributed by atoms with van der Waals surface area (Å²) in [6.07, 6.45) is 2.55. The van der Waals surface area contributed by atoms with Crippen molar-refractivity contribution in [2.24, 2.45) is 0 Å². The zero-order chi connectivity index (χ0) is 21.5. The van der Waals surface area contributed by atoms with Crippen molar-refractivity contribution in [2.75, 3.05) is 17.2 Å². The molecule has 0 bridgehead atoms. The van der Waals surface area contributed by atoms with Gasteiger partial charge in [-0.25, -0.2) is 9.37 Å². The molecule has 0 fully saturated rings. The van der Waals surface area contributed by atoms with E-state index >= 15 is 0 Å². The van der Waals surface area contributed by atoms with Gasteiger partial charge in [-0.3, -0.25) is 14.9 Å². The quantitative estimate of drug-likeness (QED) is 0.451. The number of thiazole rings is 1. The van der Waals surface area contributed by atoms with Crippen LogP contribution in [0, 0.1) is 15.9 Å². The number of nitrogens with one attached hydrogen (secondary N) is 2. The zero-order valence-corrected chi connectivity index (χ0v) is 17.0. The third kappa shape index (κ3) is 3.70. The van der Waals surface area contributed by atoms with Crippen molar-refractivity contribution in [3.8, 4) is 16.3 Å². The summed E-state index contributed by atoms with van der Waals surface area (Å²) in [4.78, 5) is 28.7. The van der Waals surface area contributed by atoms with Gasteiger partial charge in [0.15, 0.2) is 12.4 Å². The van der Waals surface area contributed by atoms with Crippen LogP contribution in [0.2, 0.25) is 0 Å². The van der Waals surface area contributed by atoms with Crippen molar-refractivity contribution < 1.29 is 18.8 Å². The Labute approximate surface area is 180 Å². The van der Waals surface area contributed by atoms with E-state index in [2.05, 4.69) is 10.6 Å². The topological polar surface area (TPSA) is 106 Å². The van der Waals surface area contributed by atoms with Crippen LogP contribution in [-0.2, 0) is 11.2 Å². The lowest BCUT2D eigenvalue weighted by atomic mass is 9.97. The second-order valence-electron chi connectivity index (χ2n) is 7.38. The third-order valence-electron chi connectivity index (χ3n) is 5.30. The van der Waals surface area contributed by atoms with Crippen LogP contribution in [0.15, 0.2) is 36.4 Å². The number of nitro benzene ring substituents is 1. The van der Waals surface area contributed by atoms with E-state index in [0.717, 1.165) is 40.4 Å². The van der Waals surface area contributed by atoms with Gasteiger partial charge in [0.2, 0.25) is 0 Å². The number of anilines is 2. The van der Waals surface area contributed by atoms with E-state index in [0.29, 0.717) is 11.4 Å². The lowest BCUT2D eigenvalue weighted by molar-refractivity contribution is -0.384. The highest BCUT2D eigenvalue weighted by Crippen LogP contribution is 2.42. The lowest BCUT2D eigenvalue weighted by Crippen LogP contribution is -2.25. The van der Waals surface area contributed by atoms with Gasteiger partial charge in [-0.1, -0.05) is 0 Å². The van der Waals surface area contributed by atoms with E-state index in [1.807, 2.05) is 0 Å².